The lowest BCUT2D eigenvalue weighted by Crippen LogP contribution is -2.34. The van der Waals surface area contributed by atoms with Crippen LogP contribution in [0.4, 0.5) is 5.69 Å². The van der Waals surface area contributed by atoms with Gasteiger partial charge in [-0.25, -0.2) is 0 Å². The van der Waals surface area contributed by atoms with Crippen LogP contribution in [0.2, 0.25) is 0 Å². The van der Waals surface area contributed by atoms with E-state index < -0.39 is 0 Å². The van der Waals surface area contributed by atoms with Crippen LogP contribution < -0.4 is 10.6 Å². The van der Waals surface area contributed by atoms with Crippen molar-refractivity contribution in [1.82, 2.24) is 10.2 Å². The van der Waals surface area contributed by atoms with Crippen molar-refractivity contribution >= 4 is 29.3 Å². The number of fused-ring (bicyclic) bond motifs is 1. The second-order valence-electron chi connectivity index (χ2n) is 6.83. The first-order valence-electron chi connectivity index (χ1n) is 9.08. The van der Waals surface area contributed by atoms with Crippen LogP contribution in [0.3, 0.4) is 0 Å². The van der Waals surface area contributed by atoms with Crippen LogP contribution in [0.25, 0.3) is 0 Å². The number of nitrogens with zero attached hydrogens (tertiary/aromatic N) is 1. The number of thioether (sulfide) groups is 1. The van der Waals surface area contributed by atoms with E-state index in [0.29, 0.717) is 23.5 Å². The van der Waals surface area contributed by atoms with E-state index in [9.17, 15) is 9.59 Å². The molecule has 0 spiro atoms. The van der Waals surface area contributed by atoms with Gasteiger partial charge >= 0.3 is 0 Å². The van der Waals surface area contributed by atoms with Gasteiger partial charge in [0.15, 0.2) is 0 Å². The molecule has 27 heavy (non-hydrogen) atoms. The summed E-state index contributed by atoms with van der Waals surface area (Å²) in [5.41, 5.74) is 3.74. The highest BCUT2D eigenvalue weighted by molar-refractivity contribution is 8.00. The van der Waals surface area contributed by atoms with E-state index in [2.05, 4.69) is 46.7 Å². The summed E-state index contributed by atoms with van der Waals surface area (Å²) in [7, 11) is 4.02. The zero-order valence-corrected chi connectivity index (χ0v) is 16.7. The van der Waals surface area contributed by atoms with E-state index in [-0.39, 0.29) is 17.9 Å². The molecule has 0 aliphatic carbocycles. The van der Waals surface area contributed by atoms with Crippen LogP contribution in [-0.2, 0) is 11.2 Å². The Morgan fingerprint density at radius 1 is 1.22 bits per heavy atom. The molecule has 1 aliphatic rings. The van der Waals surface area contributed by atoms with E-state index in [1.165, 1.54) is 22.9 Å². The van der Waals surface area contributed by atoms with Gasteiger partial charge in [-0.15, -0.1) is 11.8 Å². The molecule has 1 atom stereocenters. The number of nitrogens with one attached hydrogen (secondary N) is 2. The van der Waals surface area contributed by atoms with Gasteiger partial charge in [-0.3, -0.25) is 9.59 Å². The first-order valence-corrected chi connectivity index (χ1v) is 10.1. The molecule has 0 fully saturated rings. The SMILES string of the molecule is CCc1ccc(C(CNC(=O)c2ccc3c(c2)NC(=O)CS3)N(C)C)cc1. The van der Waals surface area contributed by atoms with E-state index in [4.69, 9.17) is 0 Å². The minimum Gasteiger partial charge on any atom is -0.350 e. The molecule has 5 nitrogen and oxygen atoms in total. The highest BCUT2D eigenvalue weighted by atomic mass is 32.2. The Labute approximate surface area is 164 Å². The molecule has 2 N–H and O–H groups in total. The highest BCUT2D eigenvalue weighted by Crippen LogP contribution is 2.32. The van der Waals surface area contributed by atoms with Crippen LogP contribution in [0.1, 0.15) is 34.5 Å². The number of rotatable bonds is 6. The average Bonchev–Trinajstić information content (AvgIpc) is 2.67. The molecule has 1 aliphatic heterocycles. The second-order valence-corrected chi connectivity index (χ2v) is 7.85. The van der Waals surface area contributed by atoms with E-state index in [0.717, 1.165) is 11.3 Å². The molecule has 3 rings (SSSR count). The van der Waals surface area contributed by atoms with Gasteiger partial charge in [0.05, 0.1) is 17.5 Å². The van der Waals surface area contributed by atoms with Crippen molar-refractivity contribution in [2.45, 2.75) is 24.3 Å². The third-order valence-electron chi connectivity index (χ3n) is 4.73. The fourth-order valence-electron chi connectivity index (χ4n) is 3.09. The smallest absolute Gasteiger partial charge is 0.251 e. The van der Waals surface area contributed by atoms with Gasteiger partial charge in [0, 0.05) is 17.0 Å². The van der Waals surface area contributed by atoms with Crippen molar-refractivity contribution in [2.75, 3.05) is 31.7 Å². The topological polar surface area (TPSA) is 61.4 Å². The van der Waals surface area contributed by atoms with Crippen molar-refractivity contribution in [3.63, 3.8) is 0 Å². The number of likely N-dealkylation sites (N-methyl/N-ethyl adjacent to an activating group) is 1. The summed E-state index contributed by atoms with van der Waals surface area (Å²) in [6.45, 7) is 2.65. The normalized spacial score (nSPS) is 14.4. The van der Waals surface area contributed by atoms with Crippen molar-refractivity contribution < 1.29 is 9.59 Å². The second kappa shape index (κ2) is 8.59. The zero-order chi connectivity index (χ0) is 19.4. The van der Waals surface area contributed by atoms with Crippen molar-refractivity contribution in [3.8, 4) is 0 Å². The number of benzene rings is 2. The summed E-state index contributed by atoms with van der Waals surface area (Å²) in [5.74, 6) is 0.243. The molecule has 0 radical (unpaired) electrons. The minimum atomic E-state index is -0.139. The number of carbonyl (C=O) groups excluding carboxylic acids is 2. The maximum Gasteiger partial charge on any atom is 0.251 e. The summed E-state index contributed by atoms with van der Waals surface area (Å²) < 4.78 is 0. The Balaban J connectivity index is 1.69. The lowest BCUT2D eigenvalue weighted by molar-refractivity contribution is -0.113. The van der Waals surface area contributed by atoms with Crippen LogP contribution in [-0.4, -0.2) is 43.1 Å². The Kier molecular flexibility index (Phi) is 6.19. The number of hydrogen-bond donors (Lipinski definition) is 2. The monoisotopic (exact) mass is 383 g/mol. The van der Waals surface area contributed by atoms with E-state index >= 15 is 0 Å². The van der Waals surface area contributed by atoms with Crippen molar-refractivity contribution in [2.24, 2.45) is 0 Å². The molecule has 1 unspecified atom stereocenters. The molecule has 2 amide bonds. The number of amides is 2. The van der Waals surface area contributed by atoms with Crippen molar-refractivity contribution in [1.29, 1.82) is 0 Å². The molecule has 0 saturated heterocycles. The van der Waals surface area contributed by atoms with Crippen LogP contribution >= 0.6 is 11.8 Å². The molecule has 0 bridgehead atoms. The van der Waals surface area contributed by atoms with Gasteiger partial charge in [0.2, 0.25) is 5.91 Å². The molecule has 0 saturated carbocycles. The first kappa shape index (κ1) is 19.5. The predicted octanol–water partition coefficient (Wildman–Crippen LogP) is 3.33. The molecule has 2 aromatic rings. The number of aryl methyl sites for hydroxylation is 1. The average molecular weight is 384 g/mol. The predicted molar refractivity (Wildman–Crippen MR) is 110 cm³/mol. The van der Waals surface area contributed by atoms with Gasteiger partial charge in [0.1, 0.15) is 0 Å². The first-order chi connectivity index (χ1) is 13.0. The Bertz CT molecular complexity index is 834. The summed E-state index contributed by atoms with van der Waals surface area (Å²) in [6.07, 6.45) is 1.01. The quantitative estimate of drug-likeness (QED) is 0.803. The third-order valence-corrected chi connectivity index (χ3v) is 5.80. The van der Waals surface area contributed by atoms with Gasteiger partial charge in [-0.2, -0.15) is 0 Å². The Morgan fingerprint density at radius 3 is 2.63 bits per heavy atom. The number of carbonyl (C=O) groups is 2. The van der Waals surface area contributed by atoms with Crippen LogP contribution in [0.5, 0.6) is 0 Å². The Morgan fingerprint density at radius 2 is 1.96 bits per heavy atom. The standard InChI is InChI=1S/C21H25N3O2S/c1-4-14-5-7-15(8-6-14)18(24(2)3)12-22-21(26)16-9-10-19-17(11-16)23-20(25)13-27-19/h5-11,18H,4,12-13H2,1-3H3,(H,22,26)(H,23,25). The van der Waals surface area contributed by atoms with E-state index in [1.54, 1.807) is 12.1 Å². The summed E-state index contributed by atoms with van der Waals surface area (Å²) in [6, 6.07) is 14.1. The fourth-order valence-corrected chi connectivity index (χ4v) is 3.88. The van der Waals surface area contributed by atoms with Gasteiger partial charge in [-0.05, 0) is 49.8 Å². The molecular weight excluding hydrogens is 358 g/mol. The summed E-state index contributed by atoms with van der Waals surface area (Å²) in [4.78, 5) is 27.3. The maximum atomic E-state index is 12.6. The lowest BCUT2D eigenvalue weighted by Gasteiger charge is -2.25. The third kappa shape index (κ3) is 4.70. The number of anilines is 1. The summed E-state index contributed by atoms with van der Waals surface area (Å²) in [5, 5.41) is 5.85. The van der Waals surface area contributed by atoms with Crippen LogP contribution in [0, 0.1) is 0 Å². The lowest BCUT2D eigenvalue weighted by atomic mass is 10.0. The minimum absolute atomic E-state index is 0.0340. The molecule has 0 aromatic heterocycles. The molecule has 2 aromatic carbocycles. The van der Waals surface area contributed by atoms with Gasteiger partial charge in [0.25, 0.3) is 5.91 Å². The molecule has 1 heterocycles. The zero-order valence-electron chi connectivity index (χ0n) is 15.9. The Hall–Kier alpha value is -2.31. The van der Waals surface area contributed by atoms with Gasteiger partial charge in [-0.1, -0.05) is 31.2 Å². The molecular formula is C21H25N3O2S. The summed E-state index contributed by atoms with van der Waals surface area (Å²) >= 11 is 1.49. The maximum absolute atomic E-state index is 12.6. The molecule has 6 heteroatoms. The highest BCUT2D eigenvalue weighted by Gasteiger charge is 2.19. The van der Waals surface area contributed by atoms with Crippen LogP contribution in [0.15, 0.2) is 47.4 Å². The largest absolute Gasteiger partial charge is 0.350 e. The fraction of sp³-hybridized carbons (Fsp3) is 0.333. The molecule has 142 valence electrons. The number of hydrogen-bond acceptors (Lipinski definition) is 4. The van der Waals surface area contributed by atoms with Crippen molar-refractivity contribution in [3.05, 3.63) is 59.2 Å². The van der Waals surface area contributed by atoms with E-state index in [1.807, 2.05) is 20.2 Å². The van der Waals surface area contributed by atoms with Gasteiger partial charge < -0.3 is 15.5 Å².